The zero-order valence-electron chi connectivity index (χ0n) is 14.5. The maximum Gasteiger partial charge on any atom is 0.146 e. The number of anilines is 1. The molecule has 2 aliphatic rings. The Labute approximate surface area is 143 Å². The summed E-state index contributed by atoms with van der Waals surface area (Å²) in [5.41, 5.74) is 1.64. The number of hydrogen-bond donors (Lipinski definition) is 1. The Morgan fingerprint density at radius 1 is 1.21 bits per heavy atom. The molecule has 134 valence electrons. The monoisotopic (exact) mass is 337 g/mol. The van der Waals surface area contributed by atoms with E-state index in [-0.39, 0.29) is 11.9 Å². The van der Waals surface area contributed by atoms with Crippen LogP contribution in [0.15, 0.2) is 18.2 Å². The number of halogens is 1. The highest BCUT2D eigenvalue weighted by Crippen LogP contribution is 2.21. The molecule has 1 aromatic rings. The SMILES string of the molecule is CCN1CCO[C@@H](CNCc2ccc(N3CCOCC3)c(F)c2)C1. The van der Waals surface area contributed by atoms with Crippen molar-refractivity contribution in [1.82, 2.24) is 10.2 Å². The third kappa shape index (κ3) is 4.66. The van der Waals surface area contributed by atoms with E-state index in [4.69, 9.17) is 9.47 Å². The van der Waals surface area contributed by atoms with Crippen LogP contribution < -0.4 is 10.2 Å². The van der Waals surface area contributed by atoms with E-state index in [1.807, 2.05) is 17.0 Å². The van der Waals surface area contributed by atoms with Gasteiger partial charge >= 0.3 is 0 Å². The van der Waals surface area contributed by atoms with Crippen molar-refractivity contribution in [1.29, 1.82) is 0 Å². The van der Waals surface area contributed by atoms with Crippen molar-refractivity contribution < 1.29 is 13.9 Å². The number of morpholine rings is 2. The van der Waals surface area contributed by atoms with Crippen LogP contribution in [-0.2, 0) is 16.0 Å². The number of nitrogens with one attached hydrogen (secondary N) is 1. The lowest BCUT2D eigenvalue weighted by atomic mass is 10.1. The Hall–Kier alpha value is -1.21. The summed E-state index contributed by atoms with van der Waals surface area (Å²) < 4.78 is 25.5. The van der Waals surface area contributed by atoms with Crippen molar-refractivity contribution in [3.05, 3.63) is 29.6 Å². The second kappa shape index (κ2) is 8.76. The standard InChI is InChI=1S/C18H28FN3O2/c1-2-21-5-10-24-16(14-21)13-20-12-15-3-4-18(17(19)11-15)22-6-8-23-9-7-22/h3-4,11,16,20H,2,5-10,12-14H2,1H3/t16-/m0/s1. The van der Waals surface area contributed by atoms with E-state index in [0.717, 1.165) is 51.4 Å². The molecular weight excluding hydrogens is 309 g/mol. The summed E-state index contributed by atoms with van der Waals surface area (Å²) >= 11 is 0. The van der Waals surface area contributed by atoms with E-state index in [1.54, 1.807) is 6.07 Å². The highest BCUT2D eigenvalue weighted by atomic mass is 19.1. The van der Waals surface area contributed by atoms with Crippen molar-refractivity contribution >= 4 is 5.69 Å². The van der Waals surface area contributed by atoms with Crippen molar-refractivity contribution in [3.8, 4) is 0 Å². The topological polar surface area (TPSA) is 37.0 Å². The molecule has 0 bridgehead atoms. The van der Waals surface area contributed by atoms with Crippen LogP contribution in [0.2, 0.25) is 0 Å². The Balaban J connectivity index is 1.48. The minimum Gasteiger partial charge on any atom is -0.378 e. The van der Waals surface area contributed by atoms with E-state index in [2.05, 4.69) is 17.1 Å². The quantitative estimate of drug-likeness (QED) is 0.851. The Morgan fingerprint density at radius 2 is 2.04 bits per heavy atom. The van der Waals surface area contributed by atoms with Gasteiger partial charge in [0.25, 0.3) is 0 Å². The van der Waals surface area contributed by atoms with Crippen LogP contribution >= 0.6 is 0 Å². The van der Waals surface area contributed by atoms with Crippen LogP contribution in [0.4, 0.5) is 10.1 Å². The predicted octanol–water partition coefficient (Wildman–Crippen LogP) is 1.47. The first-order chi connectivity index (χ1) is 11.8. The maximum absolute atomic E-state index is 14.4. The largest absolute Gasteiger partial charge is 0.378 e. The number of likely N-dealkylation sites (N-methyl/N-ethyl adjacent to an activating group) is 1. The molecule has 2 saturated heterocycles. The van der Waals surface area contributed by atoms with E-state index in [9.17, 15) is 4.39 Å². The molecule has 1 atom stereocenters. The van der Waals surface area contributed by atoms with Gasteiger partial charge in [-0.1, -0.05) is 13.0 Å². The third-order valence-corrected chi connectivity index (χ3v) is 4.74. The maximum atomic E-state index is 14.4. The molecule has 6 heteroatoms. The van der Waals surface area contributed by atoms with Crippen molar-refractivity contribution in [3.63, 3.8) is 0 Å². The van der Waals surface area contributed by atoms with Crippen molar-refractivity contribution in [2.45, 2.75) is 19.6 Å². The van der Waals surface area contributed by atoms with Gasteiger partial charge in [-0.05, 0) is 24.2 Å². The molecule has 0 amide bonds. The molecule has 2 fully saturated rings. The summed E-state index contributed by atoms with van der Waals surface area (Å²) in [6.45, 7) is 10.3. The Bertz CT molecular complexity index is 523. The fraction of sp³-hybridized carbons (Fsp3) is 0.667. The minimum atomic E-state index is -0.151. The van der Waals surface area contributed by atoms with Gasteiger partial charge in [0.1, 0.15) is 5.82 Å². The van der Waals surface area contributed by atoms with Crippen molar-refractivity contribution in [2.75, 3.05) is 64.0 Å². The van der Waals surface area contributed by atoms with Crippen LogP contribution in [-0.4, -0.2) is 70.1 Å². The average Bonchev–Trinajstić information content (AvgIpc) is 2.63. The molecule has 1 N–H and O–H groups in total. The zero-order chi connectivity index (χ0) is 16.8. The lowest BCUT2D eigenvalue weighted by Crippen LogP contribution is -2.46. The minimum absolute atomic E-state index is 0.151. The second-order valence-corrected chi connectivity index (χ2v) is 6.40. The summed E-state index contributed by atoms with van der Waals surface area (Å²) in [7, 11) is 0. The number of benzene rings is 1. The average molecular weight is 337 g/mol. The summed E-state index contributed by atoms with van der Waals surface area (Å²) in [5.74, 6) is -0.151. The van der Waals surface area contributed by atoms with Crippen LogP contribution in [0.5, 0.6) is 0 Å². The van der Waals surface area contributed by atoms with E-state index >= 15 is 0 Å². The highest BCUT2D eigenvalue weighted by Gasteiger charge is 2.19. The van der Waals surface area contributed by atoms with Gasteiger partial charge < -0.3 is 19.7 Å². The van der Waals surface area contributed by atoms with E-state index in [0.29, 0.717) is 25.4 Å². The predicted molar refractivity (Wildman–Crippen MR) is 93.0 cm³/mol. The molecule has 0 aliphatic carbocycles. The number of hydrogen-bond acceptors (Lipinski definition) is 5. The molecule has 5 nitrogen and oxygen atoms in total. The van der Waals surface area contributed by atoms with Crippen LogP contribution in [0, 0.1) is 5.82 Å². The summed E-state index contributed by atoms with van der Waals surface area (Å²) in [4.78, 5) is 4.44. The van der Waals surface area contributed by atoms with E-state index in [1.165, 1.54) is 0 Å². The van der Waals surface area contributed by atoms with Crippen LogP contribution in [0.25, 0.3) is 0 Å². The van der Waals surface area contributed by atoms with Crippen LogP contribution in [0.3, 0.4) is 0 Å². The Kier molecular flexibility index (Phi) is 6.43. The molecule has 0 unspecified atom stereocenters. The highest BCUT2D eigenvalue weighted by molar-refractivity contribution is 5.49. The molecule has 0 radical (unpaired) electrons. The van der Waals surface area contributed by atoms with Gasteiger partial charge in [0, 0.05) is 39.3 Å². The smallest absolute Gasteiger partial charge is 0.146 e. The van der Waals surface area contributed by atoms with Gasteiger partial charge in [-0.3, -0.25) is 4.90 Å². The zero-order valence-corrected chi connectivity index (χ0v) is 14.5. The van der Waals surface area contributed by atoms with Crippen molar-refractivity contribution in [2.24, 2.45) is 0 Å². The molecule has 0 spiro atoms. The molecule has 2 heterocycles. The molecule has 0 saturated carbocycles. The molecular formula is C18H28FN3O2. The van der Waals surface area contributed by atoms with Gasteiger partial charge in [-0.15, -0.1) is 0 Å². The summed E-state index contributed by atoms with van der Waals surface area (Å²) in [6.07, 6.45) is 0.219. The molecule has 0 aromatic heterocycles. The second-order valence-electron chi connectivity index (χ2n) is 6.40. The fourth-order valence-corrected chi connectivity index (χ4v) is 3.29. The number of rotatable bonds is 6. The molecule has 2 aliphatic heterocycles. The lowest BCUT2D eigenvalue weighted by Gasteiger charge is -2.32. The lowest BCUT2D eigenvalue weighted by molar-refractivity contribution is -0.0253. The van der Waals surface area contributed by atoms with Crippen LogP contribution in [0.1, 0.15) is 12.5 Å². The van der Waals surface area contributed by atoms with Gasteiger partial charge in [0.05, 0.1) is 31.6 Å². The van der Waals surface area contributed by atoms with Gasteiger partial charge in [0.15, 0.2) is 0 Å². The first-order valence-corrected chi connectivity index (χ1v) is 8.92. The fourth-order valence-electron chi connectivity index (χ4n) is 3.29. The van der Waals surface area contributed by atoms with Gasteiger partial charge in [-0.2, -0.15) is 0 Å². The third-order valence-electron chi connectivity index (χ3n) is 4.74. The number of nitrogens with zero attached hydrogens (tertiary/aromatic N) is 2. The first-order valence-electron chi connectivity index (χ1n) is 8.92. The number of ether oxygens (including phenoxy) is 2. The van der Waals surface area contributed by atoms with E-state index < -0.39 is 0 Å². The normalized spacial score (nSPS) is 22.8. The summed E-state index contributed by atoms with van der Waals surface area (Å²) in [5, 5.41) is 3.39. The molecule has 1 aromatic carbocycles. The van der Waals surface area contributed by atoms with Gasteiger partial charge in [0.2, 0.25) is 0 Å². The molecule has 24 heavy (non-hydrogen) atoms. The first kappa shape index (κ1) is 17.6. The summed E-state index contributed by atoms with van der Waals surface area (Å²) in [6, 6.07) is 5.52. The Morgan fingerprint density at radius 3 is 2.79 bits per heavy atom. The molecule has 3 rings (SSSR count). The van der Waals surface area contributed by atoms with Gasteiger partial charge in [-0.25, -0.2) is 4.39 Å².